The Balaban J connectivity index is 1.96. The van der Waals surface area contributed by atoms with E-state index < -0.39 is 10.9 Å². The minimum atomic E-state index is -0.533. The van der Waals surface area contributed by atoms with Gasteiger partial charge in [0.15, 0.2) is 0 Å². The molecule has 1 heterocycles. The van der Waals surface area contributed by atoms with Crippen molar-refractivity contribution in [2.24, 2.45) is 0 Å². The van der Waals surface area contributed by atoms with E-state index in [1.807, 2.05) is 4.90 Å². The Morgan fingerprint density at radius 1 is 1.35 bits per heavy atom. The van der Waals surface area contributed by atoms with Crippen LogP contribution in [0.4, 0.5) is 0 Å². The Hall–Kier alpha value is -1.99. The topological polar surface area (TPSA) is 81.9 Å². The molecule has 0 bridgehead atoms. The second kappa shape index (κ2) is 6.97. The van der Waals surface area contributed by atoms with Gasteiger partial charge in [-0.3, -0.25) is 15.0 Å². The lowest BCUT2D eigenvalue weighted by Gasteiger charge is -2.25. The third-order valence-electron chi connectivity index (χ3n) is 3.02. The summed E-state index contributed by atoms with van der Waals surface area (Å²) >= 11 is 0. The number of carbonyl (C=O) groups excluding carboxylic acids is 1. The number of nitrogens with zero attached hydrogens (tertiary/aromatic N) is 2. The van der Waals surface area contributed by atoms with Gasteiger partial charge < -0.3 is 9.47 Å². The second-order valence-electron chi connectivity index (χ2n) is 4.44. The lowest BCUT2D eigenvalue weighted by Crippen LogP contribution is -2.38. The molecule has 108 valence electrons. The SMILES string of the molecule is O=C(OCN1CCOCC1)c1ccccc1C[N+](=O)[O-]. The third kappa shape index (κ3) is 4.01. The van der Waals surface area contributed by atoms with Crippen molar-refractivity contribution in [1.29, 1.82) is 0 Å². The minimum absolute atomic E-state index is 0.176. The fourth-order valence-electron chi connectivity index (χ4n) is 1.95. The van der Waals surface area contributed by atoms with E-state index in [1.54, 1.807) is 24.3 Å². The van der Waals surface area contributed by atoms with Crippen molar-refractivity contribution >= 4 is 5.97 Å². The van der Waals surface area contributed by atoms with Gasteiger partial charge in [-0.05, 0) is 6.07 Å². The Kier molecular flexibility index (Phi) is 5.03. The molecule has 1 aliphatic heterocycles. The van der Waals surface area contributed by atoms with Crippen LogP contribution >= 0.6 is 0 Å². The summed E-state index contributed by atoms with van der Waals surface area (Å²) in [6.45, 7) is 2.45. The Morgan fingerprint density at radius 2 is 2.05 bits per heavy atom. The molecule has 1 fully saturated rings. The Bertz CT molecular complexity index is 485. The largest absolute Gasteiger partial charge is 0.446 e. The molecule has 0 N–H and O–H groups in total. The summed E-state index contributed by atoms with van der Waals surface area (Å²) < 4.78 is 10.4. The normalized spacial score (nSPS) is 15.8. The van der Waals surface area contributed by atoms with Gasteiger partial charge in [-0.25, -0.2) is 4.79 Å². The van der Waals surface area contributed by atoms with Crippen LogP contribution in [0.25, 0.3) is 0 Å². The molecule has 7 nitrogen and oxygen atoms in total. The van der Waals surface area contributed by atoms with Gasteiger partial charge in [0, 0.05) is 23.6 Å². The molecule has 0 aliphatic carbocycles. The molecule has 1 aromatic carbocycles. The molecule has 1 aromatic rings. The number of carbonyl (C=O) groups is 1. The molecule has 20 heavy (non-hydrogen) atoms. The van der Waals surface area contributed by atoms with Gasteiger partial charge in [0.2, 0.25) is 6.54 Å². The summed E-state index contributed by atoms with van der Waals surface area (Å²) in [4.78, 5) is 24.1. The monoisotopic (exact) mass is 280 g/mol. The van der Waals surface area contributed by atoms with E-state index in [0.29, 0.717) is 31.9 Å². The third-order valence-corrected chi connectivity index (χ3v) is 3.02. The van der Waals surface area contributed by atoms with E-state index in [2.05, 4.69) is 0 Å². The summed E-state index contributed by atoms with van der Waals surface area (Å²) in [6, 6.07) is 6.43. The van der Waals surface area contributed by atoms with Gasteiger partial charge in [-0.1, -0.05) is 18.2 Å². The smallest absolute Gasteiger partial charge is 0.339 e. The fourth-order valence-corrected chi connectivity index (χ4v) is 1.95. The van der Waals surface area contributed by atoms with E-state index in [9.17, 15) is 14.9 Å². The first-order valence-electron chi connectivity index (χ1n) is 6.34. The number of morpholine rings is 1. The summed E-state index contributed by atoms with van der Waals surface area (Å²) in [6.07, 6.45) is 0. The van der Waals surface area contributed by atoms with Crippen LogP contribution in [0.2, 0.25) is 0 Å². The van der Waals surface area contributed by atoms with Crippen molar-refractivity contribution in [2.45, 2.75) is 6.54 Å². The van der Waals surface area contributed by atoms with E-state index >= 15 is 0 Å². The average molecular weight is 280 g/mol. The lowest BCUT2D eigenvalue weighted by atomic mass is 10.1. The predicted octanol–water partition coefficient (Wildman–Crippen LogP) is 0.910. The standard InChI is InChI=1S/C13H16N2O5/c16-13(20-10-14-5-7-19-8-6-14)12-4-2-1-3-11(12)9-15(17)18/h1-4H,5-10H2. The molecule has 2 rings (SSSR count). The van der Waals surface area contributed by atoms with Gasteiger partial charge in [0.05, 0.1) is 18.8 Å². The molecule has 7 heteroatoms. The molecule has 0 spiro atoms. The molecule has 0 radical (unpaired) electrons. The molecular formula is C13H16N2O5. The molecule has 0 atom stereocenters. The van der Waals surface area contributed by atoms with Crippen molar-refractivity contribution < 1.29 is 19.2 Å². The maximum Gasteiger partial charge on any atom is 0.339 e. The van der Waals surface area contributed by atoms with E-state index in [-0.39, 0.29) is 18.8 Å². The average Bonchev–Trinajstić information content (AvgIpc) is 2.46. The first-order valence-corrected chi connectivity index (χ1v) is 6.34. The van der Waals surface area contributed by atoms with Crippen LogP contribution in [0.15, 0.2) is 24.3 Å². The number of ether oxygens (including phenoxy) is 2. The van der Waals surface area contributed by atoms with Crippen molar-refractivity contribution in [1.82, 2.24) is 4.90 Å². The zero-order valence-corrected chi connectivity index (χ0v) is 11.0. The minimum Gasteiger partial charge on any atom is -0.446 e. The van der Waals surface area contributed by atoms with Crippen molar-refractivity contribution in [3.05, 3.63) is 45.5 Å². The van der Waals surface area contributed by atoms with Crippen LogP contribution in [-0.4, -0.2) is 48.8 Å². The number of hydrogen-bond acceptors (Lipinski definition) is 6. The van der Waals surface area contributed by atoms with Crippen LogP contribution in [0.3, 0.4) is 0 Å². The Labute approximate surface area is 116 Å². The lowest BCUT2D eigenvalue weighted by molar-refractivity contribution is -0.496. The van der Waals surface area contributed by atoms with Gasteiger partial charge >= 0.3 is 5.97 Å². The highest BCUT2D eigenvalue weighted by Gasteiger charge is 2.17. The Morgan fingerprint density at radius 3 is 2.75 bits per heavy atom. The molecule has 0 unspecified atom stereocenters. The summed E-state index contributed by atoms with van der Waals surface area (Å²) in [7, 11) is 0. The van der Waals surface area contributed by atoms with Crippen LogP contribution < -0.4 is 0 Å². The van der Waals surface area contributed by atoms with Crippen molar-refractivity contribution in [3.63, 3.8) is 0 Å². The molecule has 1 aliphatic rings. The van der Waals surface area contributed by atoms with E-state index in [0.717, 1.165) is 0 Å². The number of hydrogen-bond donors (Lipinski definition) is 0. The van der Waals surface area contributed by atoms with Crippen molar-refractivity contribution in [2.75, 3.05) is 33.0 Å². The molecular weight excluding hydrogens is 264 g/mol. The number of rotatable bonds is 5. The second-order valence-corrected chi connectivity index (χ2v) is 4.44. The first kappa shape index (κ1) is 14.4. The highest BCUT2D eigenvalue weighted by Crippen LogP contribution is 2.12. The zero-order valence-electron chi connectivity index (χ0n) is 11.0. The highest BCUT2D eigenvalue weighted by atomic mass is 16.6. The van der Waals surface area contributed by atoms with Gasteiger partial charge in [0.1, 0.15) is 6.73 Å². The quantitative estimate of drug-likeness (QED) is 0.453. The molecule has 0 aromatic heterocycles. The van der Waals surface area contributed by atoms with Gasteiger partial charge in [-0.2, -0.15) is 0 Å². The van der Waals surface area contributed by atoms with Crippen LogP contribution in [0.1, 0.15) is 15.9 Å². The van der Waals surface area contributed by atoms with Crippen molar-refractivity contribution in [3.8, 4) is 0 Å². The van der Waals surface area contributed by atoms with Gasteiger partial charge in [-0.15, -0.1) is 0 Å². The first-order chi connectivity index (χ1) is 9.66. The fraction of sp³-hybridized carbons (Fsp3) is 0.462. The van der Waals surface area contributed by atoms with Crippen LogP contribution in [-0.2, 0) is 16.0 Å². The molecule has 0 saturated carbocycles. The summed E-state index contributed by atoms with van der Waals surface area (Å²) in [5.74, 6) is -0.533. The highest BCUT2D eigenvalue weighted by molar-refractivity contribution is 5.91. The van der Waals surface area contributed by atoms with Crippen LogP contribution in [0.5, 0.6) is 0 Å². The van der Waals surface area contributed by atoms with E-state index in [1.165, 1.54) is 0 Å². The zero-order chi connectivity index (χ0) is 14.4. The maximum absolute atomic E-state index is 12.0. The summed E-state index contributed by atoms with van der Waals surface area (Å²) in [5, 5.41) is 10.6. The number of esters is 1. The molecule has 0 amide bonds. The van der Waals surface area contributed by atoms with Crippen LogP contribution in [0, 0.1) is 10.1 Å². The maximum atomic E-state index is 12.0. The number of nitro groups is 1. The predicted molar refractivity (Wildman–Crippen MR) is 69.8 cm³/mol. The van der Waals surface area contributed by atoms with Gasteiger partial charge in [0.25, 0.3) is 0 Å². The number of benzene rings is 1. The van der Waals surface area contributed by atoms with E-state index in [4.69, 9.17) is 9.47 Å². The summed E-state index contributed by atoms with van der Waals surface area (Å²) in [5.41, 5.74) is 0.613. The molecule has 1 saturated heterocycles.